The number of nitrogens with one attached hydrogen (secondary N) is 1. The minimum Gasteiger partial charge on any atom is -0.439 e. The topological polar surface area (TPSA) is 64.1 Å². The van der Waals surface area contributed by atoms with Crippen molar-refractivity contribution in [2.45, 2.75) is 18.8 Å². The molecule has 0 atom stereocenters. The van der Waals surface area contributed by atoms with Gasteiger partial charge >= 0.3 is 0 Å². The standard InChI is InChI=1S/C18H14ClN3O2S/c19-12-3-6-14(7-4-12)24-16-8-5-13(9-20-16)22-17(23)15-10-21-18(25-15)11-1-2-11/h3-11H,1-2H2,(H,22,23). The number of hydrogen-bond donors (Lipinski definition) is 1. The number of aromatic nitrogens is 2. The lowest BCUT2D eigenvalue weighted by atomic mass is 10.3. The maximum Gasteiger partial charge on any atom is 0.267 e. The van der Waals surface area contributed by atoms with Crippen LogP contribution in [0.1, 0.15) is 33.4 Å². The maximum absolute atomic E-state index is 12.3. The zero-order chi connectivity index (χ0) is 17.2. The van der Waals surface area contributed by atoms with Crippen LogP contribution < -0.4 is 10.1 Å². The van der Waals surface area contributed by atoms with Gasteiger partial charge in [0.2, 0.25) is 5.88 Å². The molecule has 0 radical (unpaired) electrons. The Morgan fingerprint density at radius 2 is 1.92 bits per heavy atom. The summed E-state index contributed by atoms with van der Waals surface area (Å²) in [5.74, 6) is 1.47. The number of rotatable bonds is 5. The van der Waals surface area contributed by atoms with Crippen molar-refractivity contribution in [2.24, 2.45) is 0 Å². The van der Waals surface area contributed by atoms with Gasteiger partial charge in [-0.1, -0.05) is 11.6 Å². The fraction of sp³-hybridized carbons (Fsp3) is 0.167. The monoisotopic (exact) mass is 371 g/mol. The van der Waals surface area contributed by atoms with Crippen molar-refractivity contribution in [3.63, 3.8) is 0 Å². The fourth-order valence-electron chi connectivity index (χ4n) is 2.24. The van der Waals surface area contributed by atoms with Crippen LogP contribution in [0.15, 0.2) is 48.8 Å². The molecular weight excluding hydrogens is 358 g/mol. The lowest BCUT2D eigenvalue weighted by molar-refractivity contribution is 0.103. The Labute approximate surface area is 153 Å². The van der Waals surface area contributed by atoms with Gasteiger partial charge in [0.05, 0.1) is 23.1 Å². The highest BCUT2D eigenvalue weighted by molar-refractivity contribution is 7.13. The number of hydrogen-bond acceptors (Lipinski definition) is 5. The van der Waals surface area contributed by atoms with Crippen LogP contribution >= 0.6 is 22.9 Å². The summed E-state index contributed by atoms with van der Waals surface area (Å²) in [4.78, 5) is 21.4. The van der Waals surface area contributed by atoms with E-state index in [4.69, 9.17) is 16.3 Å². The van der Waals surface area contributed by atoms with Crippen molar-refractivity contribution in [1.29, 1.82) is 0 Å². The third kappa shape index (κ3) is 3.97. The van der Waals surface area contributed by atoms with Gasteiger partial charge in [-0.15, -0.1) is 11.3 Å². The minimum atomic E-state index is -0.169. The number of thiazole rings is 1. The first-order valence-corrected chi connectivity index (χ1v) is 9.03. The zero-order valence-electron chi connectivity index (χ0n) is 13.1. The average Bonchev–Trinajstić information content (AvgIpc) is 3.35. The van der Waals surface area contributed by atoms with Crippen molar-refractivity contribution in [2.75, 3.05) is 5.32 Å². The molecule has 1 saturated carbocycles. The van der Waals surface area contributed by atoms with E-state index in [0.29, 0.717) is 33.1 Å². The number of halogens is 1. The predicted molar refractivity (Wildman–Crippen MR) is 97.8 cm³/mol. The molecule has 5 nitrogen and oxygen atoms in total. The molecule has 1 N–H and O–H groups in total. The Morgan fingerprint density at radius 1 is 1.12 bits per heavy atom. The van der Waals surface area contributed by atoms with Gasteiger partial charge in [0, 0.05) is 17.0 Å². The van der Waals surface area contributed by atoms with E-state index in [1.54, 1.807) is 48.8 Å². The van der Waals surface area contributed by atoms with Gasteiger partial charge in [-0.25, -0.2) is 9.97 Å². The van der Waals surface area contributed by atoms with Gasteiger partial charge in [-0.3, -0.25) is 4.79 Å². The van der Waals surface area contributed by atoms with Crippen molar-refractivity contribution in [1.82, 2.24) is 9.97 Å². The molecule has 0 spiro atoms. The number of pyridine rings is 1. The summed E-state index contributed by atoms with van der Waals surface area (Å²) in [5.41, 5.74) is 0.606. The molecule has 126 valence electrons. The number of ether oxygens (including phenoxy) is 1. The molecule has 0 saturated heterocycles. The van der Waals surface area contributed by atoms with Gasteiger partial charge in [0.15, 0.2) is 0 Å². The van der Waals surface area contributed by atoms with Crippen LogP contribution in [0.5, 0.6) is 11.6 Å². The first kappa shape index (κ1) is 16.1. The zero-order valence-corrected chi connectivity index (χ0v) is 14.7. The third-order valence-corrected chi connectivity index (χ3v) is 5.11. The van der Waals surface area contributed by atoms with E-state index in [1.165, 1.54) is 24.2 Å². The molecule has 2 aromatic heterocycles. The van der Waals surface area contributed by atoms with Crippen LogP contribution in [0.4, 0.5) is 5.69 Å². The van der Waals surface area contributed by atoms with E-state index in [1.807, 2.05) is 0 Å². The second kappa shape index (κ2) is 6.82. The van der Waals surface area contributed by atoms with Crippen molar-refractivity contribution in [3.8, 4) is 11.6 Å². The summed E-state index contributed by atoms with van der Waals surface area (Å²) < 4.78 is 5.62. The summed E-state index contributed by atoms with van der Waals surface area (Å²) in [5, 5.41) is 4.52. The van der Waals surface area contributed by atoms with Crippen LogP contribution in [-0.4, -0.2) is 15.9 Å². The molecule has 2 heterocycles. The summed E-state index contributed by atoms with van der Waals surface area (Å²) in [6.45, 7) is 0. The first-order valence-electron chi connectivity index (χ1n) is 7.84. The third-order valence-electron chi connectivity index (χ3n) is 3.70. The molecule has 1 aliphatic carbocycles. The second-order valence-corrected chi connectivity index (χ2v) is 7.23. The number of nitrogens with zero attached hydrogens (tertiary/aromatic N) is 2. The van der Waals surface area contributed by atoms with Crippen LogP contribution in [0, 0.1) is 0 Å². The molecule has 25 heavy (non-hydrogen) atoms. The van der Waals surface area contributed by atoms with E-state index < -0.39 is 0 Å². The first-order chi connectivity index (χ1) is 12.2. The SMILES string of the molecule is O=C(Nc1ccc(Oc2ccc(Cl)cc2)nc1)c1cnc(C2CC2)s1. The van der Waals surface area contributed by atoms with E-state index in [2.05, 4.69) is 15.3 Å². The summed E-state index contributed by atoms with van der Waals surface area (Å²) in [6.07, 6.45) is 5.55. The summed E-state index contributed by atoms with van der Waals surface area (Å²) in [6, 6.07) is 10.5. The lowest BCUT2D eigenvalue weighted by Crippen LogP contribution is -2.10. The van der Waals surface area contributed by atoms with E-state index in [9.17, 15) is 4.79 Å². The second-order valence-electron chi connectivity index (χ2n) is 5.73. The van der Waals surface area contributed by atoms with Gasteiger partial charge in [-0.05, 0) is 43.2 Å². The lowest BCUT2D eigenvalue weighted by Gasteiger charge is -2.06. The van der Waals surface area contributed by atoms with Crippen LogP contribution in [0.3, 0.4) is 0 Å². The Balaban J connectivity index is 1.39. The molecule has 0 unspecified atom stereocenters. The van der Waals surface area contributed by atoms with Crippen LogP contribution in [0.25, 0.3) is 0 Å². The van der Waals surface area contributed by atoms with Crippen molar-refractivity contribution < 1.29 is 9.53 Å². The normalized spacial score (nSPS) is 13.5. The molecule has 0 aliphatic heterocycles. The Bertz CT molecular complexity index is 889. The van der Waals surface area contributed by atoms with Crippen LogP contribution in [-0.2, 0) is 0 Å². The van der Waals surface area contributed by atoms with Gasteiger partial charge < -0.3 is 10.1 Å². The van der Waals surface area contributed by atoms with Crippen molar-refractivity contribution >= 4 is 34.5 Å². The summed E-state index contributed by atoms with van der Waals surface area (Å²) >= 11 is 7.30. The van der Waals surface area contributed by atoms with Gasteiger partial charge in [0.25, 0.3) is 5.91 Å². The highest BCUT2D eigenvalue weighted by Gasteiger charge is 2.27. The van der Waals surface area contributed by atoms with Gasteiger partial charge in [-0.2, -0.15) is 0 Å². The summed E-state index contributed by atoms with van der Waals surface area (Å²) in [7, 11) is 0. The smallest absolute Gasteiger partial charge is 0.267 e. The molecule has 1 amide bonds. The molecule has 7 heteroatoms. The number of amides is 1. The number of anilines is 1. The van der Waals surface area contributed by atoms with Crippen molar-refractivity contribution in [3.05, 3.63) is 63.7 Å². The van der Waals surface area contributed by atoms with Crippen LogP contribution in [0.2, 0.25) is 5.02 Å². The number of carbonyl (C=O) groups is 1. The Hall–Kier alpha value is -2.44. The van der Waals surface area contributed by atoms with E-state index in [0.717, 1.165) is 5.01 Å². The predicted octanol–water partition coefficient (Wildman–Crippen LogP) is 5.11. The molecular formula is C18H14ClN3O2S. The maximum atomic E-state index is 12.3. The van der Waals surface area contributed by atoms with E-state index in [-0.39, 0.29) is 5.91 Å². The fourth-order valence-corrected chi connectivity index (χ4v) is 3.35. The molecule has 1 aliphatic rings. The average molecular weight is 372 g/mol. The van der Waals surface area contributed by atoms with Gasteiger partial charge in [0.1, 0.15) is 10.6 Å². The number of benzene rings is 1. The number of carbonyl (C=O) groups excluding carboxylic acids is 1. The largest absolute Gasteiger partial charge is 0.439 e. The molecule has 1 aromatic carbocycles. The minimum absolute atomic E-state index is 0.169. The molecule has 3 aromatic rings. The Morgan fingerprint density at radius 3 is 2.60 bits per heavy atom. The molecule has 1 fully saturated rings. The highest BCUT2D eigenvalue weighted by atomic mass is 35.5. The van der Waals surface area contributed by atoms with E-state index >= 15 is 0 Å². The highest BCUT2D eigenvalue weighted by Crippen LogP contribution is 2.41. The molecule has 0 bridgehead atoms. The Kier molecular flexibility index (Phi) is 4.38. The quantitative estimate of drug-likeness (QED) is 0.676. The molecule has 4 rings (SSSR count).